The monoisotopic (exact) mass is 262 g/mol. The number of aryl methyl sites for hydroxylation is 2. The second kappa shape index (κ2) is 4.45. The van der Waals surface area contributed by atoms with Crippen LogP contribution in [0.25, 0.3) is 0 Å². The van der Waals surface area contributed by atoms with E-state index >= 15 is 0 Å². The third-order valence-electron chi connectivity index (χ3n) is 1.67. The maximum atomic E-state index is 10.3. The molecule has 1 heterocycles. The number of aromatic nitrogens is 2. The lowest BCUT2D eigenvalue weighted by Gasteiger charge is -2.02. The van der Waals surface area contributed by atoms with E-state index in [1.165, 1.54) is 4.68 Å². The van der Waals surface area contributed by atoms with Crippen LogP contribution in [0.1, 0.15) is 12.6 Å². The second-order valence-corrected chi connectivity index (χ2v) is 3.52. The maximum Gasteiger partial charge on any atom is 0.341 e. The number of carboxylic acids is 1. The fourth-order valence-corrected chi connectivity index (χ4v) is 1.78. The molecule has 0 spiro atoms. The Morgan fingerprint density at radius 1 is 1.71 bits per heavy atom. The van der Waals surface area contributed by atoms with Gasteiger partial charge in [0.05, 0.1) is 5.69 Å². The van der Waals surface area contributed by atoms with Gasteiger partial charge in [-0.15, -0.1) is 0 Å². The van der Waals surface area contributed by atoms with Crippen molar-refractivity contribution in [3.63, 3.8) is 0 Å². The molecular weight excluding hydrogens is 252 g/mol. The van der Waals surface area contributed by atoms with E-state index in [0.717, 1.165) is 16.6 Å². The van der Waals surface area contributed by atoms with Gasteiger partial charge in [0.15, 0.2) is 6.61 Å². The lowest BCUT2D eigenvalue weighted by atomic mass is 10.3. The highest BCUT2D eigenvalue weighted by molar-refractivity contribution is 9.10. The van der Waals surface area contributed by atoms with E-state index in [-0.39, 0.29) is 6.61 Å². The first kappa shape index (κ1) is 11.0. The number of nitrogens with zero attached hydrogens (tertiary/aromatic N) is 2. The molecule has 0 saturated carbocycles. The maximum absolute atomic E-state index is 10.3. The third kappa shape index (κ3) is 2.25. The summed E-state index contributed by atoms with van der Waals surface area (Å²) < 4.78 is 7.31. The summed E-state index contributed by atoms with van der Waals surface area (Å²) in [6, 6.07) is 0. The first-order valence-corrected chi connectivity index (χ1v) is 4.91. The minimum atomic E-state index is -1.00. The summed E-state index contributed by atoms with van der Waals surface area (Å²) in [6.45, 7) is 1.61. The quantitative estimate of drug-likeness (QED) is 0.886. The van der Waals surface area contributed by atoms with Crippen LogP contribution in [0.15, 0.2) is 4.47 Å². The highest BCUT2D eigenvalue weighted by atomic mass is 79.9. The number of carboxylic acid groups (broad SMARTS) is 1. The number of rotatable bonds is 4. The lowest BCUT2D eigenvalue weighted by Crippen LogP contribution is -2.11. The molecule has 6 heteroatoms. The Labute approximate surface area is 89.8 Å². The van der Waals surface area contributed by atoms with Crippen molar-refractivity contribution in [2.45, 2.75) is 13.3 Å². The van der Waals surface area contributed by atoms with Crippen molar-refractivity contribution in [1.29, 1.82) is 0 Å². The van der Waals surface area contributed by atoms with Crippen LogP contribution in [0.5, 0.6) is 5.88 Å². The van der Waals surface area contributed by atoms with Crippen molar-refractivity contribution in [3.05, 3.63) is 10.2 Å². The lowest BCUT2D eigenvalue weighted by molar-refractivity contribution is -0.139. The van der Waals surface area contributed by atoms with Gasteiger partial charge in [0.25, 0.3) is 0 Å². The fourth-order valence-electron chi connectivity index (χ4n) is 1.05. The molecule has 0 bridgehead atoms. The van der Waals surface area contributed by atoms with Crippen LogP contribution < -0.4 is 4.74 Å². The summed E-state index contributed by atoms with van der Waals surface area (Å²) >= 11 is 3.31. The zero-order valence-corrected chi connectivity index (χ0v) is 9.54. The van der Waals surface area contributed by atoms with Gasteiger partial charge in [0.1, 0.15) is 4.47 Å². The van der Waals surface area contributed by atoms with Gasteiger partial charge in [0, 0.05) is 7.05 Å². The zero-order chi connectivity index (χ0) is 10.7. The number of halogens is 1. The average molecular weight is 263 g/mol. The average Bonchev–Trinajstić information content (AvgIpc) is 2.39. The van der Waals surface area contributed by atoms with Crippen LogP contribution in [0, 0.1) is 0 Å². The first-order valence-electron chi connectivity index (χ1n) is 4.12. The summed E-state index contributed by atoms with van der Waals surface area (Å²) in [5.41, 5.74) is 0.855. The van der Waals surface area contributed by atoms with E-state index in [1.54, 1.807) is 7.05 Å². The highest BCUT2D eigenvalue weighted by Gasteiger charge is 2.14. The molecular formula is C8H11BrN2O3. The normalized spacial score (nSPS) is 10.2. The molecule has 0 atom stereocenters. The number of hydrogen-bond donors (Lipinski definition) is 1. The molecule has 1 N–H and O–H groups in total. The summed E-state index contributed by atoms with van der Waals surface area (Å²) in [5.74, 6) is -0.555. The van der Waals surface area contributed by atoms with E-state index in [2.05, 4.69) is 21.0 Å². The van der Waals surface area contributed by atoms with Crippen molar-refractivity contribution < 1.29 is 14.6 Å². The summed E-state index contributed by atoms with van der Waals surface area (Å²) in [6.07, 6.45) is 0.769. The van der Waals surface area contributed by atoms with E-state index < -0.39 is 5.97 Å². The van der Waals surface area contributed by atoms with Gasteiger partial charge >= 0.3 is 5.97 Å². The van der Waals surface area contributed by atoms with Gasteiger partial charge in [-0.05, 0) is 22.4 Å². The SMILES string of the molecule is CCc1nn(C)c(OCC(=O)O)c1Br. The smallest absolute Gasteiger partial charge is 0.341 e. The van der Waals surface area contributed by atoms with Crippen LogP contribution in [0.4, 0.5) is 0 Å². The van der Waals surface area contributed by atoms with Gasteiger partial charge in [-0.25, -0.2) is 9.48 Å². The van der Waals surface area contributed by atoms with E-state index in [1.807, 2.05) is 6.92 Å². The van der Waals surface area contributed by atoms with Gasteiger partial charge in [-0.3, -0.25) is 0 Å². The van der Waals surface area contributed by atoms with E-state index in [0.29, 0.717) is 5.88 Å². The molecule has 1 rings (SSSR count). The highest BCUT2D eigenvalue weighted by Crippen LogP contribution is 2.28. The molecule has 0 fully saturated rings. The van der Waals surface area contributed by atoms with Gasteiger partial charge in [-0.1, -0.05) is 6.92 Å². The molecule has 0 aliphatic heterocycles. The summed E-state index contributed by atoms with van der Waals surface area (Å²) in [7, 11) is 1.71. The Balaban J connectivity index is 2.85. The van der Waals surface area contributed by atoms with Gasteiger partial charge in [0.2, 0.25) is 5.88 Å². The summed E-state index contributed by atoms with van der Waals surface area (Å²) in [4.78, 5) is 10.3. The van der Waals surface area contributed by atoms with Crippen molar-refractivity contribution in [2.24, 2.45) is 7.05 Å². The van der Waals surface area contributed by atoms with Crippen LogP contribution in [0.2, 0.25) is 0 Å². The molecule has 0 aliphatic carbocycles. The molecule has 0 saturated heterocycles. The largest absolute Gasteiger partial charge is 0.479 e. The Hall–Kier alpha value is -1.04. The second-order valence-electron chi connectivity index (χ2n) is 2.73. The zero-order valence-electron chi connectivity index (χ0n) is 7.95. The Kier molecular flexibility index (Phi) is 3.51. The molecule has 0 aliphatic rings. The van der Waals surface area contributed by atoms with E-state index in [4.69, 9.17) is 9.84 Å². The Bertz CT molecular complexity index is 349. The molecule has 1 aromatic heterocycles. The summed E-state index contributed by atoms with van der Waals surface area (Å²) in [5, 5.41) is 12.6. The minimum Gasteiger partial charge on any atom is -0.479 e. The van der Waals surface area contributed by atoms with Crippen molar-refractivity contribution in [1.82, 2.24) is 9.78 Å². The molecule has 14 heavy (non-hydrogen) atoms. The van der Waals surface area contributed by atoms with Crippen molar-refractivity contribution >= 4 is 21.9 Å². The number of ether oxygens (including phenoxy) is 1. The minimum absolute atomic E-state index is 0.360. The third-order valence-corrected chi connectivity index (χ3v) is 2.47. The molecule has 0 unspecified atom stereocenters. The van der Waals surface area contributed by atoms with Crippen LogP contribution in [0.3, 0.4) is 0 Å². The molecule has 0 aromatic carbocycles. The number of carbonyl (C=O) groups is 1. The molecule has 5 nitrogen and oxygen atoms in total. The molecule has 1 aromatic rings. The van der Waals surface area contributed by atoms with Crippen molar-refractivity contribution in [2.75, 3.05) is 6.61 Å². The van der Waals surface area contributed by atoms with Gasteiger partial charge < -0.3 is 9.84 Å². The van der Waals surface area contributed by atoms with Crippen molar-refractivity contribution in [3.8, 4) is 5.88 Å². The topological polar surface area (TPSA) is 64.4 Å². The predicted octanol–water partition coefficient (Wildman–Crippen LogP) is 1.21. The van der Waals surface area contributed by atoms with E-state index in [9.17, 15) is 4.79 Å². The number of aliphatic carboxylic acids is 1. The molecule has 0 amide bonds. The fraction of sp³-hybridized carbons (Fsp3) is 0.500. The van der Waals surface area contributed by atoms with Gasteiger partial charge in [-0.2, -0.15) is 5.10 Å². The van der Waals surface area contributed by atoms with Crippen LogP contribution >= 0.6 is 15.9 Å². The Morgan fingerprint density at radius 2 is 2.36 bits per heavy atom. The molecule has 78 valence electrons. The number of hydrogen-bond acceptors (Lipinski definition) is 3. The Morgan fingerprint density at radius 3 is 2.79 bits per heavy atom. The first-order chi connectivity index (χ1) is 6.56. The predicted molar refractivity (Wildman–Crippen MR) is 53.4 cm³/mol. The molecule has 0 radical (unpaired) electrons. The van der Waals surface area contributed by atoms with Crippen LogP contribution in [-0.2, 0) is 18.3 Å². The van der Waals surface area contributed by atoms with Crippen LogP contribution in [-0.4, -0.2) is 27.5 Å². The standard InChI is InChI=1S/C8H11BrN2O3/c1-3-5-7(9)8(11(2)10-5)14-4-6(12)13/h3-4H2,1-2H3,(H,12,13).